The van der Waals surface area contributed by atoms with Crippen LogP contribution in [-0.2, 0) is 19.1 Å². The van der Waals surface area contributed by atoms with Gasteiger partial charge in [0, 0.05) is 24.2 Å². The van der Waals surface area contributed by atoms with Gasteiger partial charge in [-0.05, 0) is 56.4 Å². The van der Waals surface area contributed by atoms with Gasteiger partial charge in [-0.15, -0.1) is 23.2 Å². The van der Waals surface area contributed by atoms with Gasteiger partial charge in [-0.25, -0.2) is 0 Å². The zero-order valence-electron chi connectivity index (χ0n) is 17.8. The van der Waals surface area contributed by atoms with Crippen LogP contribution in [0.1, 0.15) is 65.7 Å². The molecule has 0 heterocycles. The van der Waals surface area contributed by atoms with E-state index in [4.69, 9.17) is 27.9 Å². The third kappa shape index (κ3) is 2.74. The summed E-state index contributed by atoms with van der Waals surface area (Å²) >= 11 is 14.5. The fourth-order valence-corrected chi connectivity index (χ4v) is 8.53. The smallest absolute Gasteiger partial charge is 0.303 e. The van der Waals surface area contributed by atoms with Crippen LogP contribution in [0.2, 0.25) is 0 Å². The molecular weight excluding hydrogens is 427 g/mol. The van der Waals surface area contributed by atoms with E-state index in [0.29, 0.717) is 32.1 Å². The van der Waals surface area contributed by atoms with Crippen LogP contribution in [0.4, 0.5) is 0 Å². The molecule has 0 aromatic rings. The first-order valence-corrected chi connectivity index (χ1v) is 11.7. The maximum Gasteiger partial charge on any atom is 0.303 e. The zero-order valence-corrected chi connectivity index (χ0v) is 19.3. The van der Waals surface area contributed by atoms with E-state index in [0.717, 1.165) is 18.4 Å². The number of allylic oxidation sites excluding steroid dienone is 1. The molecule has 0 amide bonds. The average Bonchev–Trinajstić information content (AvgIpc) is 2.94. The van der Waals surface area contributed by atoms with E-state index in [1.165, 1.54) is 6.92 Å². The number of hydrogen-bond acceptors (Lipinski definition) is 5. The van der Waals surface area contributed by atoms with Crippen molar-refractivity contribution in [1.29, 1.82) is 0 Å². The molecule has 4 aliphatic carbocycles. The lowest BCUT2D eigenvalue weighted by Crippen LogP contribution is -2.68. The van der Waals surface area contributed by atoms with E-state index >= 15 is 0 Å². The Morgan fingerprint density at radius 3 is 2.57 bits per heavy atom. The first-order chi connectivity index (χ1) is 13.9. The van der Waals surface area contributed by atoms with Gasteiger partial charge in [0.25, 0.3) is 0 Å². The van der Waals surface area contributed by atoms with Crippen molar-refractivity contribution in [2.24, 2.45) is 22.7 Å². The lowest BCUT2D eigenvalue weighted by molar-refractivity contribution is -0.167. The van der Waals surface area contributed by atoms with Crippen molar-refractivity contribution in [2.45, 2.75) is 81.6 Å². The quantitative estimate of drug-likeness (QED) is 0.513. The van der Waals surface area contributed by atoms with Crippen molar-refractivity contribution in [2.75, 3.05) is 6.61 Å². The first kappa shape index (κ1) is 22.3. The summed E-state index contributed by atoms with van der Waals surface area (Å²) in [5.74, 6) is -0.783. The van der Waals surface area contributed by atoms with Gasteiger partial charge < -0.3 is 9.84 Å². The lowest BCUT2D eigenvalue weighted by Gasteiger charge is -2.64. The van der Waals surface area contributed by atoms with Crippen molar-refractivity contribution >= 4 is 40.7 Å². The van der Waals surface area contributed by atoms with Crippen LogP contribution in [0.5, 0.6) is 0 Å². The average molecular weight is 457 g/mol. The zero-order chi connectivity index (χ0) is 22.1. The number of fused-ring (bicyclic) bond motifs is 5. The molecule has 4 unspecified atom stereocenters. The minimum Gasteiger partial charge on any atom is -0.458 e. The summed E-state index contributed by atoms with van der Waals surface area (Å²) in [6.07, 6.45) is 5.90. The molecule has 0 aromatic heterocycles. The molecule has 1 N–H and O–H groups in total. The van der Waals surface area contributed by atoms with Crippen LogP contribution < -0.4 is 0 Å². The minimum atomic E-state index is -1.59. The van der Waals surface area contributed by atoms with Crippen molar-refractivity contribution < 1.29 is 24.2 Å². The van der Waals surface area contributed by atoms with E-state index in [9.17, 15) is 19.5 Å². The number of aliphatic hydroxyl groups is 1. The van der Waals surface area contributed by atoms with Crippen molar-refractivity contribution in [3.05, 3.63) is 11.6 Å². The Labute approximate surface area is 187 Å². The van der Waals surface area contributed by atoms with Crippen molar-refractivity contribution in [3.8, 4) is 0 Å². The van der Waals surface area contributed by atoms with Crippen LogP contribution in [0.15, 0.2) is 11.6 Å². The third-order valence-corrected chi connectivity index (χ3v) is 10.6. The second-order valence-electron chi connectivity index (χ2n) is 10.2. The molecule has 0 bridgehead atoms. The fraction of sp³-hybridized carbons (Fsp3) is 0.783. The lowest BCUT2D eigenvalue weighted by atomic mass is 9.45. The summed E-state index contributed by atoms with van der Waals surface area (Å²) in [4.78, 5) is 35.5. The van der Waals surface area contributed by atoms with Gasteiger partial charge in [0.1, 0.15) is 5.60 Å². The molecule has 0 spiro atoms. The standard InChI is InChI=1S/C23H30Cl2O5/c1-13(26)30-12-19(28)22(29)9-7-16-17-5-4-14-10-15(27)6-8-20(14,2)23(17,25)18(24)11-21(16,22)3/h10,16-18,29H,4-9,11-12H2,1-3H3/t16?,17?,18-,20?,21?,22-,23-/m0/s1. The molecule has 7 atom stereocenters. The molecular formula is C23H30Cl2O5. The highest BCUT2D eigenvalue weighted by atomic mass is 35.5. The summed E-state index contributed by atoms with van der Waals surface area (Å²) in [6, 6.07) is 0. The van der Waals surface area contributed by atoms with Crippen LogP contribution in [0.25, 0.3) is 0 Å². The van der Waals surface area contributed by atoms with Crippen molar-refractivity contribution in [1.82, 2.24) is 0 Å². The molecule has 166 valence electrons. The largest absolute Gasteiger partial charge is 0.458 e. The summed E-state index contributed by atoms with van der Waals surface area (Å²) in [7, 11) is 0. The van der Waals surface area contributed by atoms with Gasteiger partial charge in [0.05, 0.1) is 10.3 Å². The number of Topliss-reactive ketones (excluding diaryl/α,β-unsaturated/α-hetero) is 1. The summed E-state index contributed by atoms with van der Waals surface area (Å²) in [5.41, 5.74) is -1.60. The van der Waals surface area contributed by atoms with Gasteiger partial charge in [-0.2, -0.15) is 0 Å². The number of ether oxygens (including phenoxy) is 1. The Morgan fingerprint density at radius 1 is 1.20 bits per heavy atom. The number of hydrogen-bond donors (Lipinski definition) is 1. The van der Waals surface area contributed by atoms with Crippen LogP contribution >= 0.6 is 23.2 Å². The highest BCUT2D eigenvalue weighted by molar-refractivity contribution is 6.33. The predicted octanol–water partition coefficient (Wildman–Crippen LogP) is 3.96. The molecule has 5 nitrogen and oxygen atoms in total. The Morgan fingerprint density at radius 2 is 1.90 bits per heavy atom. The van der Waals surface area contributed by atoms with Crippen molar-refractivity contribution in [3.63, 3.8) is 0 Å². The highest BCUT2D eigenvalue weighted by Crippen LogP contribution is 2.72. The van der Waals surface area contributed by atoms with Gasteiger partial charge >= 0.3 is 5.97 Å². The Kier molecular flexibility index (Phi) is 5.24. The third-order valence-electron chi connectivity index (χ3n) is 9.02. The first-order valence-electron chi connectivity index (χ1n) is 10.9. The number of carbonyl (C=O) groups excluding carboxylic acids is 3. The van der Waals surface area contributed by atoms with Gasteiger partial charge in [0.15, 0.2) is 12.4 Å². The summed E-state index contributed by atoms with van der Waals surface area (Å²) < 4.78 is 4.91. The second-order valence-corrected chi connectivity index (χ2v) is 11.3. The monoisotopic (exact) mass is 456 g/mol. The summed E-state index contributed by atoms with van der Waals surface area (Å²) in [6.45, 7) is 4.90. The predicted molar refractivity (Wildman–Crippen MR) is 113 cm³/mol. The second kappa shape index (κ2) is 7.05. The van der Waals surface area contributed by atoms with E-state index in [2.05, 4.69) is 6.92 Å². The number of rotatable bonds is 3. The van der Waals surface area contributed by atoms with Crippen LogP contribution in [0.3, 0.4) is 0 Å². The van der Waals surface area contributed by atoms with Gasteiger partial charge in [-0.1, -0.05) is 19.4 Å². The molecule has 0 saturated heterocycles. The van der Waals surface area contributed by atoms with Gasteiger partial charge in [0.2, 0.25) is 5.78 Å². The molecule has 3 fully saturated rings. The summed E-state index contributed by atoms with van der Waals surface area (Å²) in [5, 5.41) is 11.1. The number of ketones is 2. The number of carbonyl (C=O) groups is 3. The Bertz CT molecular complexity index is 839. The maximum atomic E-state index is 13.0. The number of alkyl halides is 2. The molecule has 3 saturated carbocycles. The van der Waals surface area contributed by atoms with E-state index < -0.39 is 39.6 Å². The molecule has 4 rings (SSSR count). The van der Waals surface area contributed by atoms with Gasteiger partial charge in [-0.3, -0.25) is 14.4 Å². The molecule has 30 heavy (non-hydrogen) atoms. The normalized spacial score (nSPS) is 47.6. The van der Waals surface area contributed by atoms with E-state index in [-0.39, 0.29) is 23.0 Å². The molecule has 4 aliphatic rings. The minimum absolute atomic E-state index is 0.0336. The maximum absolute atomic E-state index is 13.0. The molecule has 0 aromatic carbocycles. The number of esters is 1. The molecule has 0 aliphatic heterocycles. The number of halogens is 2. The van der Waals surface area contributed by atoms with Crippen LogP contribution in [0, 0.1) is 22.7 Å². The Balaban J connectivity index is 1.71. The SMILES string of the molecule is CC(=O)OCC(=O)[C@@]1(O)CCC2C3CCC4=CC(=O)CCC4(C)[C@@]3(Cl)[C@@H](Cl)CC21C. The fourth-order valence-electron chi connectivity index (χ4n) is 7.25. The Hall–Kier alpha value is -0.910. The molecule has 7 heteroatoms. The van der Waals surface area contributed by atoms with E-state index in [1.54, 1.807) is 6.08 Å². The molecule has 0 radical (unpaired) electrons. The van der Waals surface area contributed by atoms with Crippen LogP contribution in [-0.4, -0.2) is 45.1 Å². The topological polar surface area (TPSA) is 80.7 Å². The highest BCUT2D eigenvalue weighted by Gasteiger charge is 2.73. The van der Waals surface area contributed by atoms with E-state index in [1.807, 2.05) is 6.92 Å².